The van der Waals surface area contributed by atoms with E-state index in [4.69, 9.17) is 0 Å². The summed E-state index contributed by atoms with van der Waals surface area (Å²) in [5.74, 6) is 0.897. The zero-order valence-electron chi connectivity index (χ0n) is 10.00. The fourth-order valence-corrected chi connectivity index (χ4v) is 1.89. The molecule has 0 unspecified atom stereocenters. The van der Waals surface area contributed by atoms with Crippen molar-refractivity contribution < 1.29 is 0 Å². The molecule has 0 atom stereocenters. The second-order valence-electron chi connectivity index (χ2n) is 4.15. The molecule has 0 saturated carbocycles. The van der Waals surface area contributed by atoms with Crippen LogP contribution in [0.4, 0.5) is 5.82 Å². The van der Waals surface area contributed by atoms with Crippen LogP contribution in [0.15, 0.2) is 41.0 Å². The lowest BCUT2D eigenvalue weighted by molar-refractivity contribution is 1.08. The Kier molecular flexibility index (Phi) is 3.79. The van der Waals surface area contributed by atoms with E-state index in [1.165, 1.54) is 16.7 Å². The SMILES string of the molecule is Cc1ccc(C)c(CNc2ccc(Br)cn2)c1. The molecule has 0 spiro atoms. The number of rotatable bonds is 3. The maximum atomic E-state index is 4.29. The van der Waals surface area contributed by atoms with Gasteiger partial charge in [-0.1, -0.05) is 23.8 Å². The number of halogens is 1. The number of benzene rings is 1. The minimum Gasteiger partial charge on any atom is -0.366 e. The molecule has 2 aromatic rings. The van der Waals surface area contributed by atoms with Crippen molar-refractivity contribution in [3.8, 4) is 0 Å². The van der Waals surface area contributed by atoms with Crippen LogP contribution in [-0.4, -0.2) is 4.98 Å². The summed E-state index contributed by atoms with van der Waals surface area (Å²) in [6.07, 6.45) is 1.80. The molecule has 2 rings (SSSR count). The van der Waals surface area contributed by atoms with Gasteiger partial charge in [0.25, 0.3) is 0 Å². The Bertz CT molecular complexity index is 506. The maximum Gasteiger partial charge on any atom is 0.126 e. The van der Waals surface area contributed by atoms with Crippen molar-refractivity contribution in [1.82, 2.24) is 4.98 Å². The predicted molar refractivity (Wildman–Crippen MR) is 75.2 cm³/mol. The number of aryl methyl sites for hydroxylation is 2. The van der Waals surface area contributed by atoms with Gasteiger partial charge in [0.2, 0.25) is 0 Å². The van der Waals surface area contributed by atoms with Crippen LogP contribution >= 0.6 is 15.9 Å². The molecule has 1 heterocycles. The molecule has 1 aromatic carbocycles. The molecule has 2 nitrogen and oxygen atoms in total. The fourth-order valence-electron chi connectivity index (χ4n) is 1.66. The third-order valence-electron chi connectivity index (χ3n) is 2.69. The van der Waals surface area contributed by atoms with Gasteiger partial charge in [0, 0.05) is 17.2 Å². The van der Waals surface area contributed by atoms with Crippen molar-refractivity contribution in [2.75, 3.05) is 5.32 Å². The van der Waals surface area contributed by atoms with Gasteiger partial charge in [-0.05, 0) is 53.0 Å². The second-order valence-corrected chi connectivity index (χ2v) is 5.06. The molecule has 0 bridgehead atoms. The number of aromatic nitrogens is 1. The van der Waals surface area contributed by atoms with Crippen molar-refractivity contribution in [3.63, 3.8) is 0 Å². The molecule has 88 valence electrons. The molecule has 0 amide bonds. The Hall–Kier alpha value is -1.35. The van der Waals surface area contributed by atoms with Crippen molar-refractivity contribution in [2.24, 2.45) is 0 Å². The highest BCUT2D eigenvalue weighted by Crippen LogP contribution is 2.14. The molecule has 1 aromatic heterocycles. The summed E-state index contributed by atoms with van der Waals surface area (Å²) < 4.78 is 0.995. The molecule has 1 N–H and O–H groups in total. The molecule has 3 heteroatoms. The summed E-state index contributed by atoms with van der Waals surface area (Å²) in [6.45, 7) is 5.05. The van der Waals surface area contributed by atoms with Gasteiger partial charge in [-0.3, -0.25) is 0 Å². The van der Waals surface area contributed by atoms with Gasteiger partial charge < -0.3 is 5.32 Å². The van der Waals surface area contributed by atoms with E-state index in [-0.39, 0.29) is 0 Å². The summed E-state index contributed by atoms with van der Waals surface area (Å²) in [7, 11) is 0. The Morgan fingerprint density at radius 3 is 2.71 bits per heavy atom. The van der Waals surface area contributed by atoms with Crippen molar-refractivity contribution in [2.45, 2.75) is 20.4 Å². The summed E-state index contributed by atoms with van der Waals surface area (Å²) >= 11 is 3.37. The smallest absolute Gasteiger partial charge is 0.126 e. The zero-order valence-corrected chi connectivity index (χ0v) is 11.6. The van der Waals surface area contributed by atoms with Crippen LogP contribution in [0.3, 0.4) is 0 Å². The first-order valence-corrected chi connectivity index (χ1v) is 6.36. The second kappa shape index (κ2) is 5.32. The van der Waals surface area contributed by atoms with Gasteiger partial charge in [-0.25, -0.2) is 4.98 Å². The van der Waals surface area contributed by atoms with Gasteiger partial charge in [0.05, 0.1) is 0 Å². The largest absolute Gasteiger partial charge is 0.366 e. The molecule has 0 aliphatic heterocycles. The molecular weight excluding hydrogens is 276 g/mol. The fraction of sp³-hybridized carbons (Fsp3) is 0.214. The Morgan fingerprint density at radius 2 is 2.00 bits per heavy atom. The number of hydrogen-bond donors (Lipinski definition) is 1. The average molecular weight is 291 g/mol. The van der Waals surface area contributed by atoms with Crippen molar-refractivity contribution in [3.05, 3.63) is 57.7 Å². The van der Waals surface area contributed by atoms with E-state index >= 15 is 0 Å². The van der Waals surface area contributed by atoms with Crippen LogP contribution in [0.25, 0.3) is 0 Å². The lowest BCUT2D eigenvalue weighted by Gasteiger charge is -2.09. The van der Waals surface area contributed by atoms with Crippen LogP contribution in [-0.2, 0) is 6.54 Å². The van der Waals surface area contributed by atoms with Gasteiger partial charge in [0.1, 0.15) is 5.82 Å². The highest BCUT2D eigenvalue weighted by molar-refractivity contribution is 9.10. The number of anilines is 1. The first kappa shape index (κ1) is 12.1. The maximum absolute atomic E-state index is 4.29. The molecule has 0 aliphatic carbocycles. The minimum absolute atomic E-state index is 0.808. The lowest BCUT2D eigenvalue weighted by Crippen LogP contribution is -2.02. The van der Waals surface area contributed by atoms with E-state index in [0.29, 0.717) is 0 Å². The van der Waals surface area contributed by atoms with Crippen LogP contribution in [0.5, 0.6) is 0 Å². The Morgan fingerprint density at radius 1 is 1.18 bits per heavy atom. The highest BCUT2D eigenvalue weighted by Gasteiger charge is 1.99. The lowest BCUT2D eigenvalue weighted by atomic mass is 10.1. The van der Waals surface area contributed by atoms with E-state index in [9.17, 15) is 0 Å². The van der Waals surface area contributed by atoms with E-state index in [1.807, 2.05) is 12.1 Å². The Labute approximate surface area is 110 Å². The number of nitrogens with zero attached hydrogens (tertiary/aromatic N) is 1. The van der Waals surface area contributed by atoms with Crippen LogP contribution < -0.4 is 5.32 Å². The summed E-state index contributed by atoms with van der Waals surface area (Å²) in [5.41, 5.74) is 3.91. The zero-order chi connectivity index (χ0) is 12.3. The molecule has 0 saturated heterocycles. The predicted octanol–water partition coefficient (Wildman–Crippen LogP) is 4.07. The van der Waals surface area contributed by atoms with Gasteiger partial charge in [-0.2, -0.15) is 0 Å². The normalized spacial score (nSPS) is 10.3. The minimum atomic E-state index is 0.808. The third kappa shape index (κ3) is 3.30. The van der Waals surface area contributed by atoms with E-state index in [2.05, 4.69) is 58.3 Å². The van der Waals surface area contributed by atoms with Crippen molar-refractivity contribution >= 4 is 21.7 Å². The molecule has 0 aliphatic rings. The number of hydrogen-bond acceptors (Lipinski definition) is 2. The van der Waals surface area contributed by atoms with E-state index in [0.717, 1.165) is 16.8 Å². The molecular formula is C14H15BrN2. The van der Waals surface area contributed by atoms with E-state index < -0.39 is 0 Å². The summed E-state index contributed by atoms with van der Waals surface area (Å²) in [4.78, 5) is 4.29. The quantitative estimate of drug-likeness (QED) is 0.922. The summed E-state index contributed by atoms with van der Waals surface area (Å²) in [5, 5.41) is 3.32. The van der Waals surface area contributed by atoms with Gasteiger partial charge >= 0.3 is 0 Å². The van der Waals surface area contributed by atoms with Gasteiger partial charge in [-0.15, -0.1) is 0 Å². The van der Waals surface area contributed by atoms with Crippen LogP contribution in [0.2, 0.25) is 0 Å². The monoisotopic (exact) mass is 290 g/mol. The third-order valence-corrected chi connectivity index (χ3v) is 3.16. The molecule has 0 fully saturated rings. The molecule has 17 heavy (non-hydrogen) atoms. The topological polar surface area (TPSA) is 24.9 Å². The van der Waals surface area contributed by atoms with Crippen LogP contribution in [0.1, 0.15) is 16.7 Å². The Balaban J connectivity index is 2.07. The average Bonchev–Trinajstić information content (AvgIpc) is 2.32. The standard InChI is InChI=1S/C14H15BrN2/c1-10-3-4-11(2)12(7-10)8-16-14-6-5-13(15)9-17-14/h3-7,9H,8H2,1-2H3,(H,16,17). The number of nitrogens with one attached hydrogen (secondary N) is 1. The van der Waals surface area contributed by atoms with Gasteiger partial charge in [0.15, 0.2) is 0 Å². The van der Waals surface area contributed by atoms with Crippen molar-refractivity contribution in [1.29, 1.82) is 0 Å². The first-order chi connectivity index (χ1) is 8.15. The summed E-state index contributed by atoms with van der Waals surface area (Å²) in [6, 6.07) is 10.5. The highest BCUT2D eigenvalue weighted by atomic mass is 79.9. The van der Waals surface area contributed by atoms with E-state index in [1.54, 1.807) is 6.20 Å². The van der Waals surface area contributed by atoms with Crippen LogP contribution in [0, 0.1) is 13.8 Å². The first-order valence-electron chi connectivity index (χ1n) is 5.57. The number of pyridine rings is 1. The molecule has 0 radical (unpaired) electrons.